The lowest BCUT2D eigenvalue weighted by Gasteiger charge is -2.25. The highest BCUT2D eigenvalue weighted by Crippen LogP contribution is 2.18. The molecule has 1 aromatic rings. The highest BCUT2D eigenvalue weighted by molar-refractivity contribution is 5.79. The standard InChI is InChI=1S/C20H38N6O2/c1-10-21-18(22-11-12-24(7)19(27)28-20(4,5)6)25(8)13-16-14-26(9)23-17(16)15(2)3/h14-15H,10-13H2,1-9H3,(H,21,22). The molecule has 0 aromatic carbocycles. The molecule has 0 aliphatic rings. The van der Waals surface area contributed by atoms with E-state index in [1.807, 2.05) is 46.5 Å². The predicted octanol–water partition coefficient (Wildman–Crippen LogP) is 2.81. The third kappa shape index (κ3) is 7.78. The Hall–Kier alpha value is -2.25. The number of hydrogen-bond donors (Lipinski definition) is 1. The van der Waals surface area contributed by atoms with Crippen LogP contribution in [0, 0.1) is 0 Å². The van der Waals surface area contributed by atoms with E-state index in [9.17, 15) is 4.79 Å². The number of guanidine groups is 1. The summed E-state index contributed by atoms with van der Waals surface area (Å²) in [7, 11) is 5.68. The van der Waals surface area contributed by atoms with Gasteiger partial charge in [0.15, 0.2) is 5.96 Å². The molecule has 28 heavy (non-hydrogen) atoms. The highest BCUT2D eigenvalue weighted by Gasteiger charge is 2.19. The molecule has 1 heterocycles. The van der Waals surface area contributed by atoms with E-state index in [-0.39, 0.29) is 6.09 Å². The number of carbonyl (C=O) groups is 1. The van der Waals surface area contributed by atoms with Crippen molar-refractivity contribution in [2.24, 2.45) is 12.0 Å². The van der Waals surface area contributed by atoms with Gasteiger partial charge in [0.05, 0.1) is 12.2 Å². The molecule has 0 bridgehead atoms. The van der Waals surface area contributed by atoms with Crippen LogP contribution >= 0.6 is 0 Å². The second-order valence-electron chi connectivity index (χ2n) is 8.36. The van der Waals surface area contributed by atoms with Gasteiger partial charge in [0.25, 0.3) is 0 Å². The molecule has 0 spiro atoms. The lowest BCUT2D eigenvalue weighted by Crippen LogP contribution is -2.40. The Bertz CT molecular complexity index is 660. The van der Waals surface area contributed by atoms with Crippen LogP contribution in [0.2, 0.25) is 0 Å². The summed E-state index contributed by atoms with van der Waals surface area (Å²) in [4.78, 5) is 20.4. The Morgan fingerprint density at radius 3 is 2.50 bits per heavy atom. The zero-order valence-electron chi connectivity index (χ0n) is 19.0. The van der Waals surface area contributed by atoms with E-state index in [0.29, 0.717) is 19.0 Å². The normalized spacial score (nSPS) is 12.3. The second-order valence-corrected chi connectivity index (χ2v) is 8.36. The molecule has 0 saturated heterocycles. The van der Waals surface area contributed by atoms with Crippen LogP contribution in [-0.4, -0.2) is 71.0 Å². The smallest absolute Gasteiger partial charge is 0.410 e. The quantitative estimate of drug-likeness (QED) is 0.568. The maximum atomic E-state index is 12.1. The molecule has 0 atom stereocenters. The summed E-state index contributed by atoms with van der Waals surface area (Å²) in [5.41, 5.74) is 1.80. The lowest BCUT2D eigenvalue weighted by molar-refractivity contribution is 0.0304. The van der Waals surface area contributed by atoms with Crippen LogP contribution in [0.15, 0.2) is 11.2 Å². The van der Waals surface area contributed by atoms with E-state index in [1.54, 1.807) is 11.9 Å². The first kappa shape index (κ1) is 23.8. The highest BCUT2D eigenvalue weighted by atomic mass is 16.6. The first-order valence-electron chi connectivity index (χ1n) is 9.90. The first-order chi connectivity index (χ1) is 12.9. The van der Waals surface area contributed by atoms with Crippen molar-refractivity contribution in [2.45, 2.75) is 59.6 Å². The number of amides is 1. The summed E-state index contributed by atoms with van der Waals surface area (Å²) < 4.78 is 7.23. The number of aliphatic imine (C=N–C) groups is 1. The van der Waals surface area contributed by atoms with E-state index >= 15 is 0 Å². The fraction of sp³-hybridized carbons (Fsp3) is 0.750. The van der Waals surface area contributed by atoms with Crippen molar-refractivity contribution < 1.29 is 9.53 Å². The van der Waals surface area contributed by atoms with Gasteiger partial charge >= 0.3 is 6.09 Å². The van der Waals surface area contributed by atoms with Crippen molar-refractivity contribution in [2.75, 3.05) is 33.7 Å². The minimum atomic E-state index is -0.498. The average Bonchev–Trinajstić information content (AvgIpc) is 2.92. The zero-order chi connectivity index (χ0) is 21.5. The third-order valence-electron chi connectivity index (χ3n) is 3.99. The molecule has 0 unspecified atom stereocenters. The van der Waals surface area contributed by atoms with Gasteiger partial charge < -0.3 is 19.9 Å². The van der Waals surface area contributed by atoms with Gasteiger partial charge in [-0.1, -0.05) is 13.8 Å². The van der Waals surface area contributed by atoms with Crippen LogP contribution in [-0.2, 0) is 18.3 Å². The summed E-state index contributed by atoms with van der Waals surface area (Å²) in [6.07, 6.45) is 1.73. The molecule has 0 aliphatic carbocycles. The fourth-order valence-electron chi connectivity index (χ4n) is 2.70. The molecule has 8 heteroatoms. The number of ether oxygens (including phenoxy) is 1. The van der Waals surface area contributed by atoms with Crippen molar-refractivity contribution >= 4 is 12.1 Å². The van der Waals surface area contributed by atoms with Crippen molar-refractivity contribution in [1.82, 2.24) is 24.9 Å². The summed E-state index contributed by atoms with van der Waals surface area (Å²) in [5, 5.41) is 7.89. The third-order valence-corrected chi connectivity index (χ3v) is 3.99. The monoisotopic (exact) mass is 394 g/mol. The van der Waals surface area contributed by atoms with E-state index < -0.39 is 5.60 Å². The summed E-state index contributed by atoms with van der Waals surface area (Å²) in [6, 6.07) is 0. The molecule has 0 radical (unpaired) electrons. The number of hydrogen-bond acceptors (Lipinski definition) is 4. The molecule has 160 valence electrons. The Morgan fingerprint density at radius 2 is 1.96 bits per heavy atom. The zero-order valence-corrected chi connectivity index (χ0v) is 19.0. The van der Waals surface area contributed by atoms with Crippen molar-refractivity contribution in [3.63, 3.8) is 0 Å². The molecular weight excluding hydrogens is 356 g/mol. The van der Waals surface area contributed by atoms with E-state index in [4.69, 9.17) is 4.74 Å². The van der Waals surface area contributed by atoms with Gasteiger partial charge in [-0.3, -0.25) is 9.67 Å². The predicted molar refractivity (Wildman–Crippen MR) is 114 cm³/mol. The Balaban J connectivity index is 2.74. The first-order valence-corrected chi connectivity index (χ1v) is 9.90. The molecule has 1 aromatic heterocycles. The van der Waals surface area contributed by atoms with Crippen LogP contribution in [0.25, 0.3) is 0 Å². The summed E-state index contributed by atoms with van der Waals surface area (Å²) >= 11 is 0. The molecule has 1 N–H and O–H groups in total. The van der Waals surface area contributed by atoms with Crippen LogP contribution in [0.5, 0.6) is 0 Å². The van der Waals surface area contributed by atoms with Gasteiger partial charge in [0.1, 0.15) is 5.60 Å². The maximum Gasteiger partial charge on any atom is 0.410 e. The number of aromatic nitrogens is 2. The number of nitrogens with zero attached hydrogens (tertiary/aromatic N) is 5. The minimum absolute atomic E-state index is 0.335. The Kier molecular flexibility index (Phi) is 8.78. The topological polar surface area (TPSA) is 75.0 Å². The molecule has 1 amide bonds. The number of aryl methyl sites for hydroxylation is 1. The number of nitrogens with one attached hydrogen (secondary N) is 1. The average molecular weight is 395 g/mol. The van der Waals surface area contributed by atoms with Crippen LogP contribution in [0.3, 0.4) is 0 Å². The van der Waals surface area contributed by atoms with Gasteiger partial charge in [-0.25, -0.2) is 4.79 Å². The second kappa shape index (κ2) is 10.3. The van der Waals surface area contributed by atoms with Crippen molar-refractivity contribution in [1.29, 1.82) is 0 Å². The summed E-state index contributed by atoms with van der Waals surface area (Å²) in [6.45, 7) is 14.4. The molecule has 0 fully saturated rings. The maximum absolute atomic E-state index is 12.1. The Labute approximate surface area is 169 Å². The lowest BCUT2D eigenvalue weighted by atomic mass is 10.1. The van der Waals surface area contributed by atoms with Gasteiger partial charge in [0.2, 0.25) is 0 Å². The fourth-order valence-corrected chi connectivity index (χ4v) is 2.70. The largest absolute Gasteiger partial charge is 0.444 e. The van der Waals surface area contributed by atoms with Crippen molar-refractivity contribution in [3.05, 3.63) is 17.5 Å². The van der Waals surface area contributed by atoms with E-state index in [0.717, 1.165) is 24.7 Å². The van der Waals surface area contributed by atoms with Gasteiger partial charge in [-0.05, 0) is 33.6 Å². The number of carbonyl (C=O) groups excluding carboxylic acids is 1. The molecule has 0 saturated carbocycles. The Morgan fingerprint density at radius 1 is 1.32 bits per heavy atom. The van der Waals surface area contributed by atoms with Crippen LogP contribution < -0.4 is 5.32 Å². The molecule has 8 nitrogen and oxygen atoms in total. The number of likely N-dealkylation sites (N-methyl/N-ethyl adjacent to an activating group) is 1. The molecule has 0 aliphatic heterocycles. The van der Waals surface area contributed by atoms with E-state index in [2.05, 4.69) is 40.4 Å². The van der Waals surface area contributed by atoms with Gasteiger partial charge in [-0.15, -0.1) is 0 Å². The van der Waals surface area contributed by atoms with Gasteiger partial charge in [0, 0.05) is 52.5 Å². The summed E-state index contributed by atoms with van der Waals surface area (Å²) in [5.74, 6) is 1.17. The van der Waals surface area contributed by atoms with Gasteiger partial charge in [-0.2, -0.15) is 5.10 Å². The van der Waals surface area contributed by atoms with Crippen LogP contribution in [0.1, 0.15) is 58.7 Å². The SMILES string of the molecule is CCNC(=NCCN(C)C(=O)OC(C)(C)C)N(C)Cc1cn(C)nc1C(C)C. The minimum Gasteiger partial charge on any atom is -0.444 e. The van der Waals surface area contributed by atoms with Crippen molar-refractivity contribution in [3.8, 4) is 0 Å². The van der Waals surface area contributed by atoms with Crippen LogP contribution in [0.4, 0.5) is 4.79 Å². The van der Waals surface area contributed by atoms with E-state index in [1.165, 1.54) is 5.56 Å². The molecular formula is C20H38N6O2. The molecule has 1 rings (SSSR count). The number of rotatable bonds is 7.